The number of hydrogen-bond donors (Lipinski definition) is 2. The van der Waals surface area contributed by atoms with Crippen molar-refractivity contribution in [2.45, 2.75) is 58.3 Å². The van der Waals surface area contributed by atoms with Gasteiger partial charge in [-0.15, -0.1) is 0 Å². The molecule has 2 aromatic rings. The molecule has 1 heterocycles. The number of carbonyl (C=O) groups excluding carboxylic acids is 1. The van der Waals surface area contributed by atoms with E-state index in [9.17, 15) is 4.79 Å². The van der Waals surface area contributed by atoms with Crippen LogP contribution >= 0.6 is 0 Å². The molecule has 1 aliphatic heterocycles. The summed E-state index contributed by atoms with van der Waals surface area (Å²) in [6.07, 6.45) is 11.5. The summed E-state index contributed by atoms with van der Waals surface area (Å²) in [6.45, 7) is 5.28. The number of Topliss-reactive ketones (excluding diaryl/α,β-unsaturated/α-hetero) is 1. The zero-order valence-corrected chi connectivity index (χ0v) is 21.1. The van der Waals surface area contributed by atoms with Crippen molar-refractivity contribution >= 4 is 23.3 Å². The number of hydrogen-bond acceptors (Lipinski definition) is 4. The predicted molar refractivity (Wildman–Crippen MR) is 141 cm³/mol. The number of carbonyl (C=O) groups is 3. The summed E-state index contributed by atoms with van der Waals surface area (Å²) in [7, 11) is 0. The number of nitrogens with zero attached hydrogens (tertiary/aromatic N) is 1. The lowest BCUT2D eigenvalue weighted by molar-refractivity contribution is -0.159. The van der Waals surface area contributed by atoms with E-state index in [2.05, 4.69) is 59.5 Å². The number of ketones is 1. The van der Waals surface area contributed by atoms with Gasteiger partial charge in [0.2, 0.25) is 0 Å². The van der Waals surface area contributed by atoms with Gasteiger partial charge in [0.25, 0.3) is 0 Å². The number of carboxylic acids is 2. The molecule has 2 N–H and O–H groups in total. The van der Waals surface area contributed by atoms with E-state index in [-0.39, 0.29) is 0 Å². The van der Waals surface area contributed by atoms with Gasteiger partial charge >= 0.3 is 11.9 Å². The molecule has 2 aliphatic rings. The number of benzene rings is 2. The van der Waals surface area contributed by atoms with Crippen molar-refractivity contribution in [1.82, 2.24) is 4.90 Å². The Kier molecular flexibility index (Phi) is 10.4. The molecule has 0 radical (unpaired) electrons. The lowest BCUT2D eigenvalue weighted by atomic mass is 9.91. The van der Waals surface area contributed by atoms with Crippen LogP contribution < -0.4 is 0 Å². The van der Waals surface area contributed by atoms with E-state index in [4.69, 9.17) is 19.8 Å². The molecule has 0 aromatic heterocycles. The molecule has 0 spiro atoms. The lowest BCUT2D eigenvalue weighted by Crippen LogP contribution is -2.34. The predicted octanol–water partition coefficient (Wildman–Crippen LogP) is 5.23. The Balaban J connectivity index is 0.000000538. The van der Waals surface area contributed by atoms with E-state index in [1.807, 2.05) is 0 Å². The largest absolute Gasteiger partial charge is 0.473 e. The van der Waals surface area contributed by atoms with Gasteiger partial charge in [-0.05, 0) is 98.7 Å². The molecule has 2 aromatic carbocycles. The molecule has 1 fully saturated rings. The van der Waals surface area contributed by atoms with Crippen LogP contribution in [0.25, 0.3) is 5.57 Å². The Bertz CT molecular complexity index is 1020. The third-order valence-corrected chi connectivity index (χ3v) is 7.10. The number of piperidine rings is 1. The summed E-state index contributed by atoms with van der Waals surface area (Å²) in [5.74, 6) is -2.49. The number of likely N-dealkylation sites (tertiary alicyclic amines) is 1. The standard InChI is InChI=1S/C28H35NO.C2H2O4/c1-22(30)8-6-9-23-17-20-29(21-18-23)19-7-14-28-26-12-4-2-10-24(26)15-16-25-11-3-5-13-27(25)28;3-1(4)2(5)6/h2-5,10-14,23H,6-9,15-21H2,1H3;(H,3,4)(H,5,6). The highest BCUT2D eigenvalue weighted by Gasteiger charge is 2.20. The van der Waals surface area contributed by atoms with E-state index in [0.29, 0.717) is 5.78 Å². The summed E-state index contributed by atoms with van der Waals surface area (Å²) in [6, 6.07) is 17.9. The van der Waals surface area contributed by atoms with Crippen molar-refractivity contribution in [3.63, 3.8) is 0 Å². The summed E-state index contributed by atoms with van der Waals surface area (Å²) in [5, 5.41) is 14.8. The summed E-state index contributed by atoms with van der Waals surface area (Å²) in [4.78, 5) is 32.0. The Morgan fingerprint density at radius 3 is 1.92 bits per heavy atom. The van der Waals surface area contributed by atoms with Crippen LogP contribution in [0.5, 0.6) is 0 Å². The normalized spacial score (nSPS) is 15.5. The topological polar surface area (TPSA) is 94.9 Å². The molecule has 6 heteroatoms. The third-order valence-electron chi connectivity index (χ3n) is 7.10. The average molecular weight is 492 g/mol. The fraction of sp³-hybridized carbons (Fsp3) is 0.433. The number of aryl methyl sites for hydroxylation is 2. The van der Waals surface area contributed by atoms with Crippen molar-refractivity contribution in [3.8, 4) is 0 Å². The van der Waals surface area contributed by atoms with Crippen LogP contribution in [-0.2, 0) is 27.2 Å². The Hall–Kier alpha value is -3.25. The van der Waals surface area contributed by atoms with Gasteiger partial charge in [0, 0.05) is 13.0 Å². The second kappa shape index (κ2) is 13.7. The first-order valence-electron chi connectivity index (χ1n) is 12.9. The van der Waals surface area contributed by atoms with Gasteiger partial charge < -0.3 is 19.9 Å². The zero-order valence-electron chi connectivity index (χ0n) is 21.1. The first kappa shape index (κ1) is 27.3. The minimum Gasteiger partial charge on any atom is -0.473 e. The van der Waals surface area contributed by atoms with Crippen LogP contribution in [0.15, 0.2) is 54.6 Å². The maximum absolute atomic E-state index is 11.1. The van der Waals surface area contributed by atoms with Gasteiger partial charge in [-0.2, -0.15) is 0 Å². The van der Waals surface area contributed by atoms with E-state index in [1.54, 1.807) is 6.92 Å². The Labute approximate surface area is 213 Å². The third kappa shape index (κ3) is 8.16. The highest BCUT2D eigenvalue weighted by atomic mass is 16.4. The average Bonchev–Trinajstić information content (AvgIpc) is 3.02. The minimum atomic E-state index is -1.82. The first-order valence-corrected chi connectivity index (χ1v) is 12.9. The SMILES string of the molecule is CC(=O)CCCC1CCN(CCC=C2c3ccccc3CCc3ccccc32)CC1.O=C(O)C(=O)O. The van der Waals surface area contributed by atoms with Gasteiger partial charge in [0.15, 0.2) is 0 Å². The van der Waals surface area contributed by atoms with Crippen molar-refractivity contribution in [1.29, 1.82) is 0 Å². The molecule has 4 rings (SSSR count). The molecule has 0 amide bonds. The van der Waals surface area contributed by atoms with Crippen LogP contribution in [0.1, 0.15) is 67.7 Å². The Morgan fingerprint density at radius 2 is 1.42 bits per heavy atom. The molecular weight excluding hydrogens is 454 g/mol. The van der Waals surface area contributed by atoms with Crippen molar-refractivity contribution in [2.75, 3.05) is 19.6 Å². The molecule has 6 nitrogen and oxygen atoms in total. The maximum Gasteiger partial charge on any atom is 0.414 e. The molecule has 0 atom stereocenters. The number of aliphatic carboxylic acids is 2. The van der Waals surface area contributed by atoms with Crippen molar-refractivity contribution in [2.24, 2.45) is 5.92 Å². The summed E-state index contributed by atoms with van der Waals surface area (Å²) in [5.41, 5.74) is 7.23. The van der Waals surface area contributed by atoms with Crippen LogP contribution in [-0.4, -0.2) is 52.5 Å². The Morgan fingerprint density at radius 1 is 0.889 bits per heavy atom. The zero-order chi connectivity index (χ0) is 25.9. The summed E-state index contributed by atoms with van der Waals surface area (Å²) >= 11 is 0. The molecule has 0 unspecified atom stereocenters. The van der Waals surface area contributed by atoms with Crippen LogP contribution in [0, 0.1) is 5.92 Å². The molecule has 1 saturated heterocycles. The smallest absolute Gasteiger partial charge is 0.414 e. The van der Waals surface area contributed by atoms with Gasteiger partial charge in [-0.3, -0.25) is 0 Å². The van der Waals surface area contributed by atoms with Crippen molar-refractivity contribution in [3.05, 3.63) is 76.9 Å². The molecule has 36 heavy (non-hydrogen) atoms. The molecular formula is C30H37NO5. The van der Waals surface area contributed by atoms with Gasteiger partial charge in [0.05, 0.1) is 0 Å². The van der Waals surface area contributed by atoms with E-state index in [1.165, 1.54) is 60.2 Å². The highest BCUT2D eigenvalue weighted by Crippen LogP contribution is 2.33. The van der Waals surface area contributed by atoms with Gasteiger partial charge in [-0.25, -0.2) is 9.59 Å². The van der Waals surface area contributed by atoms with Crippen molar-refractivity contribution < 1.29 is 24.6 Å². The van der Waals surface area contributed by atoms with Gasteiger partial charge in [0.1, 0.15) is 5.78 Å². The molecule has 0 bridgehead atoms. The quantitative estimate of drug-likeness (QED) is 0.515. The van der Waals surface area contributed by atoms with Crippen LogP contribution in [0.3, 0.4) is 0 Å². The second-order valence-electron chi connectivity index (χ2n) is 9.71. The minimum absolute atomic E-state index is 0.335. The number of fused-ring (bicyclic) bond motifs is 2. The number of rotatable bonds is 7. The fourth-order valence-electron chi connectivity index (χ4n) is 5.17. The van der Waals surface area contributed by atoms with Gasteiger partial charge in [-0.1, -0.05) is 54.6 Å². The molecule has 1 aliphatic carbocycles. The van der Waals surface area contributed by atoms with E-state index < -0.39 is 11.9 Å². The maximum atomic E-state index is 11.1. The highest BCUT2D eigenvalue weighted by molar-refractivity contribution is 6.27. The molecule has 0 saturated carbocycles. The first-order chi connectivity index (χ1) is 17.3. The van der Waals surface area contributed by atoms with Crippen LogP contribution in [0.2, 0.25) is 0 Å². The molecule has 192 valence electrons. The van der Waals surface area contributed by atoms with Crippen LogP contribution in [0.4, 0.5) is 0 Å². The second-order valence-corrected chi connectivity index (χ2v) is 9.71. The fourth-order valence-corrected chi connectivity index (χ4v) is 5.17. The monoisotopic (exact) mass is 491 g/mol. The van der Waals surface area contributed by atoms with E-state index in [0.717, 1.165) is 44.6 Å². The number of carboxylic acid groups (broad SMARTS) is 2. The van der Waals surface area contributed by atoms with E-state index >= 15 is 0 Å². The lowest BCUT2D eigenvalue weighted by Gasteiger charge is -2.31. The summed E-state index contributed by atoms with van der Waals surface area (Å²) < 4.78 is 0.